The number of para-hydroxylation sites is 1. The van der Waals surface area contributed by atoms with Gasteiger partial charge in [-0.25, -0.2) is 9.36 Å². The molecule has 0 amide bonds. The Morgan fingerprint density at radius 2 is 1.90 bits per heavy atom. The fraction of sp³-hybridized carbons (Fsp3) is 0.150. The van der Waals surface area contributed by atoms with E-state index in [2.05, 4.69) is 15.5 Å². The molecular formula is C20H17ClN4O4. The summed E-state index contributed by atoms with van der Waals surface area (Å²) in [7, 11) is 1.58. The Morgan fingerprint density at radius 1 is 1.17 bits per heavy atom. The van der Waals surface area contributed by atoms with Crippen molar-refractivity contribution in [3.05, 3.63) is 85.5 Å². The van der Waals surface area contributed by atoms with Crippen molar-refractivity contribution in [2.24, 2.45) is 5.10 Å². The van der Waals surface area contributed by atoms with Crippen LogP contribution in [0.2, 0.25) is 5.02 Å². The highest BCUT2D eigenvalue weighted by Crippen LogP contribution is 2.32. The molecule has 1 aliphatic heterocycles. The molecule has 29 heavy (non-hydrogen) atoms. The number of halogens is 1. The topological polar surface area (TPSA) is 109 Å². The van der Waals surface area contributed by atoms with E-state index in [1.165, 1.54) is 0 Å². The van der Waals surface area contributed by atoms with Gasteiger partial charge in [0.2, 0.25) is 5.88 Å². The van der Waals surface area contributed by atoms with E-state index in [0.29, 0.717) is 28.6 Å². The Balaban J connectivity index is 1.75. The van der Waals surface area contributed by atoms with Crippen LogP contribution in [0.1, 0.15) is 23.6 Å². The van der Waals surface area contributed by atoms with Gasteiger partial charge in [0, 0.05) is 17.0 Å². The number of nitrogens with one attached hydrogen (secondary N) is 2. The lowest BCUT2D eigenvalue weighted by Gasteiger charge is -2.14. The predicted octanol–water partition coefficient (Wildman–Crippen LogP) is 2.33. The lowest BCUT2D eigenvalue weighted by molar-refractivity contribution is 0.402. The summed E-state index contributed by atoms with van der Waals surface area (Å²) >= 11 is 5.89. The Hall–Kier alpha value is -3.52. The van der Waals surface area contributed by atoms with E-state index in [4.69, 9.17) is 16.3 Å². The van der Waals surface area contributed by atoms with Gasteiger partial charge in [-0.15, -0.1) is 0 Å². The van der Waals surface area contributed by atoms with Gasteiger partial charge in [-0.1, -0.05) is 29.8 Å². The first-order chi connectivity index (χ1) is 14.0. The van der Waals surface area contributed by atoms with Gasteiger partial charge in [0.05, 0.1) is 24.6 Å². The molecule has 2 aromatic carbocycles. The summed E-state index contributed by atoms with van der Waals surface area (Å²) in [6.07, 6.45) is 0.329. The van der Waals surface area contributed by atoms with Crippen molar-refractivity contribution in [3.63, 3.8) is 0 Å². The monoisotopic (exact) mass is 412 g/mol. The fourth-order valence-corrected chi connectivity index (χ4v) is 3.47. The number of benzene rings is 2. The van der Waals surface area contributed by atoms with Crippen LogP contribution in [0.3, 0.4) is 0 Å². The highest BCUT2D eigenvalue weighted by molar-refractivity contribution is 6.30. The first-order valence-corrected chi connectivity index (χ1v) is 9.17. The quantitative estimate of drug-likeness (QED) is 0.609. The third-order valence-corrected chi connectivity index (χ3v) is 4.98. The van der Waals surface area contributed by atoms with E-state index in [1.54, 1.807) is 31.4 Å². The molecule has 0 saturated carbocycles. The van der Waals surface area contributed by atoms with Crippen molar-refractivity contribution in [1.29, 1.82) is 0 Å². The molecule has 0 spiro atoms. The molecule has 0 fully saturated rings. The molecule has 8 nitrogen and oxygen atoms in total. The number of H-pyrrole nitrogens is 1. The number of aromatic amines is 1. The van der Waals surface area contributed by atoms with Gasteiger partial charge in [-0.3, -0.25) is 9.78 Å². The molecule has 3 N–H and O–H groups in total. The van der Waals surface area contributed by atoms with E-state index in [1.807, 2.05) is 24.3 Å². The summed E-state index contributed by atoms with van der Waals surface area (Å²) < 4.78 is 6.39. The highest BCUT2D eigenvalue weighted by Gasteiger charge is 2.28. The zero-order valence-corrected chi connectivity index (χ0v) is 16.1. The first kappa shape index (κ1) is 18.8. The SMILES string of the molecule is COc1ccccc1C1CC(c2c(O)n(-c3ccc(Cl)cc3)c(=O)[nH]c2=O)=NN1. The summed E-state index contributed by atoms with van der Waals surface area (Å²) in [5, 5.41) is 15.5. The average molecular weight is 413 g/mol. The lowest BCUT2D eigenvalue weighted by atomic mass is 9.99. The minimum Gasteiger partial charge on any atom is -0.496 e. The molecule has 0 bridgehead atoms. The van der Waals surface area contributed by atoms with E-state index in [0.717, 1.165) is 10.1 Å². The van der Waals surface area contributed by atoms with E-state index in [-0.39, 0.29) is 11.6 Å². The maximum atomic E-state index is 12.5. The number of hydrazone groups is 1. The average Bonchev–Trinajstić information content (AvgIpc) is 3.18. The van der Waals surface area contributed by atoms with Crippen molar-refractivity contribution in [1.82, 2.24) is 15.0 Å². The van der Waals surface area contributed by atoms with Crippen molar-refractivity contribution in [2.45, 2.75) is 12.5 Å². The molecule has 3 aromatic rings. The van der Waals surface area contributed by atoms with E-state index >= 15 is 0 Å². The van der Waals surface area contributed by atoms with Crippen LogP contribution in [0.5, 0.6) is 11.6 Å². The number of aromatic hydroxyl groups is 1. The molecule has 0 radical (unpaired) electrons. The minimum absolute atomic E-state index is 0.0653. The molecule has 148 valence electrons. The Labute approximate surface area is 170 Å². The van der Waals surface area contributed by atoms with Gasteiger partial charge < -0.3 is 15.3 Å². The molecular weight excluding hydrogens is 396 g/mol. The van der Waals surface area contributed by atoms with E-state index in [9.17, 15) is 14.7 Å². The molecule has 1 unspecified atom stereocenters. The van der Waals surface area contributed by atoms with Crippen LogP contribution in [-0.4, -0.2) is 27.5 Å². The fourth-order valence-electron chi connectivity index (χ4n) is 3.35. The molecule has 9 heteroatoms. The maximum absolute atomic E-state index is 12.5. The van der Waals surface area contributed by atoms with Crippen LogP contribution in [0.4, 0.5) is 0 Å². The molecule has 2 heterocycles. The van der Waals surface area contributed by atoms with Crippen molar-refractivity contribution in [2.75, 3.05) is 7.11 Å². The molecule has 1 atom stereocenters. The summed E-state index contributed by atoms with van der Waals surface area (Å²) in [5.74, 6) is 0.202. The van der Waals surface area contributed by atoms with Crippen LogP contribution in [0.25, 0.3) is 5.69 Å². The molecule has 4 rings (SSSR count). The summed E-state index contributed by atoms with van der Waals surface area (Å²) in [5.41, 5.74) is 3.01. The Bertz CT molecular complexity index is 1210. The van der Waals surface area contributed by atoms with E-state index < -0.39 is 17.1 Å². The van der Waals surface area contributed by atoms with Gasteiger partial charge >= 0.3 is 5.69 Å². The first-order valence-electron chi connectivity index (χ1n) is 8.79. The lowest BCUT2D eigenvalue weighted by Crippen LogP contribution is -2.33. The van der Waals surface area contributed by atoms with Gasteiger partial charge in [0.25, 0.3) is 5.56 Å². The van der Waals surface area contributed by atoms with Gasteiger partial charge in [-0.05, 0) is 30.3 Å². The third kappa shape index (κ3) is 3.38. The Kier molecular flexibility index (Phi) is 4.85. The van der Waals surface area contributed by atoms with Crippen molar-refractivity contribution < 1.29 is 9.84 Å². The normalized spacial score (nSPS) is 15.7. The predicted molar refractivity (Wildman–Crippen MR) is 109 cm³/mol. The van der Waals surface area contributed by atoms with Crippen molar-refractivity contribution >= 4 is 17.3 Å². The highest BCUT2D eigenvalue weighted by atomic mass is 35.5. The number of rotatable bonds is 4. The number of ether oxygens (including phenoxy) is 1. The maximum Gasteiger partial charge on any atom is 0.335 e. The third-order valence-electron chi connectivity index (χ3n) is 4.73. The second kappa shape index (κ2) is 7.48. The number of nitrogens with zero attached hydrogens (tertiary/aromatic N) is 2. The molecule has 0 aliphatic carbocycles. The smallest absolute Gasteiger partial charge is 0.335 e. The molecule has 1 aliphatic rings. The summed E-state index contributed by atoms with van der Waals surface area (Å²) in [6.45, 7) is 0. The number of hydrogen-bond donors (Lipinski definition) is 3. The molecule has 0 saturated heterocycles. The van der Waals surface area contributed by atoms with Crippen LogP contribution >= 0.6 is 11.6 Å². The summed E-state index contributed by atoms with van der Waals surface area (Å²) in [6, 6.07) is 13.5. The number of methoxy groups -OCH3 is 1. The van der Waals surface area contributed by atoms with Gasteiger partial charge in [0.15, 0.2) is 0 Å². The summed E-state index contributed by atoms with van der Waals surface area (Å²) in [4.78, 5) is 27.0. The number of aromatic nitrogens is 2. The van der Waals surface area contributed by atoms with Crippen LogP contribution < -0.4 is 21.4 Å². The zero-order chi connectivity index (χ0) is 20.5. The van der Waals surface area contributed by atoms with Crippen molar-refractivity contribution in [3.8, 4) is 17.3 Å². The standard InChI is InChI=1S/C20H17ClN4O4/c1-29-16-5-3-2-4-13(16)14-10-15(24-23-14)17-18(26)22-20(28)25(19(17)27)12-8-6-11(21)7-9-12/h2-9,14,23,27H,10H2,1H3,(H,22,26,28). The Morgan fingerprint density at radius 3 is 2.62 bits per heavy atom. The molecule has 1 aromatic heterocycles. The van der Waals surface area contributed by atoms with Crippen LogP contribution in [0.15, 0.2) is 63.2 Å². The zero-order valence-electron chi connectivity index (χ0n) is 15.3. The second-order valence-electron chi connectivity index (χ2n) is 6.46. The minimum atomic E-state index is -0.758. The van der Waals surface area contributed by atoms with Crippen LogP contribution in [0, 0.1) is 0 Å². The van der Waals surface area contributed by atoms with Gasteiger partial charge in [-0.2, -0.15) is 5.10 Å². The number of hydrogen-bond acceptors (Lipinski definition) is 6. The largest absolute Gasteiger partial charge is 0.496 e. The van der Waals surface area contributed by atoms with Gasteiger partial charge in [0.1, 0.15) is 11.3 Å². The second-order valence-corrected chi connectivity index (χ2v) is 6.89. The van der Waals surface area contributed by atoms with Crippen LogP contribution in [-0.2, 0) is 0 Å².